The molecular formula is C24H44N6O12. The van der Waals surface area contributed by atoms with Crippen molar-refractivity contribution in [3.05, 3.63) is 0 Å². The smallest absolute Gasteiger partial charge is 0.410 e. The van der Waals surface area contributed by atoms with Crippen LogP contribution in [0.25, 0.3) is 0 Å². The molecule has 0 rings (SSSR count). The lowest BCUT2D eigenvalue weighted by Crippen LogP contribution is -2.40. The topological polar surface area (TPSA) is 212 Å². The Bertz CT molecular complexity index is 718. The minimum atomic E-state index is -0.750. The molecule has 0 aliphatic heterocycles. The number of carbonyl (C=O) groups is 6. The zero-order valence-corrected chi connectivity index (χ0v) is 24.7. The van der Waals surface area contributed by atoms with Gasteiger partial charge in [-0.15, -0.1) is 0 Å². The van der Waals surface area contributed by atoms with Gasteiger partial charge < -0.3 is 59.5 Å². The van der Waals surface area contributed by atoms with Crippen LogP contribution in [0, 0.1) is 0 Å². The summed E-state index contributed by atoms with van der Waals surface area (Å²) < 4.78 is 31.3. The maximum Gasteiger partial charge on any atom is 0.410 e. The molecule has 0 atom stereocenters. The van der Waals surface area contributed by atoms with Crippen molar-refractivity contribution in [3.63, 3.8) is 0 Å². The number of likely N-dealkylation sites (N-methyl/N-ethyl adjacent to an activating group) is 4. The molecule has 18 heteroatoms. The van der Waals surface area contributed by atoms with E-state index in [1.165, 1.54) is 38.0 Å². The molecule has 0 saturated heterocycles. The largest absolute Gasteiger partial charge is 0.446 e. The molecule has 0 heterocycles. The third-order valence-corrected chi connectivity index (χ3v) is 5.12. The summed E-state index contributed by atoms with van der Waals surface area (Å²) in [7, 11) is 5.86. The Balaban J connectivity index is 4.77. The Labute approximate surface area is 245 Å². The van der Waals surface area contributed by atoms with E-state index in [2.05, 4.69) is 21.3 Å². The first-order chi connectivity index (χ1) is 20.2. The number of hydrogen-bond acceptors (Lipinski definition) is 12. The van der Waals surface area contributed by atoms with Gasteiger partial charge in [0, 0.05) is 54.4 Å². The summed E-state index contributed by atoms with van der Waals surface area (Å²) in [6, 6.07) is 0. The van der Waals surface area contributed by atoms with Gasteiger partial charge in [0.25, 0.3) is 0 Å². The van der Waals surface area contributed by atoms with E-state index >= 15 is 0 Å². The molecule has 0 aliphatic carbocycles. The van der Waals surface area contributed by atoms with Gasteiger partial charge >= 0.3 is 12.2 Å². The van der Waals surface area contributed by atoms with E-state index in [4.69, 9.17) is 28.4 Å². The van der Waals surface area contributed by atoms with Gasteiger partial charge in [-0.1, -0.05) is 0 Å². The van der Waals surface area contributed by atoms with Gasteiger partial charge in [0.05, 0.1) is 26.4 Å². The maximum atomic E-state index is 12.6. The van der Waals surface area contributed by atoms with Crippen molar-refractivity contribution in [2.75, 3.05) is 120 Å². The normalized spacial score (nSPS) is 10.3. The second kappa shape index (κ2) is 25.0. The molecule has 0 aromatic heterocycles. The zero-order chi connectivity index (χ0) is 31.6. The Morgan fingerprint density at radius 3 is 0.881 bits per heavy atom. The number of hydrogen-bond donors (Lipinski definition) is 4. The first-order valence-corrected chi connectivity index (χ1v) is 13.1. The van der Waals surface area contributed by atoms with Crippen LogP contribution in [0.3, 0.4) is 0 Å². The van der Waals surface area contributed by atoms with Crippen molar-refractivity contribution >= 4 is 35.8 Å². The van der Waals surface area contributed by atoms with Crippen molar-refractivity contribution in [3.8, 4) is 0 Å². The first-order valence-electron chi connectivity index (χ1n) is 13.1. The highest BCUT2D eigenvalue weighted by atomic mass is 16.6. The molecule has 6 amide bonds. The highest BCUT2D eigenvalue weighted by molar-refractivity contribution is 5.77. The fourth-order valence-corrected chi connectivity index (χ4v) is 2.68. The fourth-order valence-electron chi connectivity index (χ4n) is 2.68. The van der Waals surface area contributed by atoms with E-state index < -0.39 is 12.2 Å². The summed E-state index contributed by atoms with van der Waals surface area (Å²) in [5, 5.41) is 9.64. The monoisotopic (exact) mass is 608 g/mol. The van der Waals surface area contributed by atoms with Crippen molar-refractivity contribution in [1.29, 1.82) is 0 Å². The molecule has 18 nitrogen and oxygen atoms in total. The molecule has 4 N–H and O–H groups in total. The van der Waals surface area contributed by atoms with Crippen LogP contribution < -0.4 is 21.3 Å². The SMILES string of the molecule is CNC(=O)COCCN(CCOCC(=O)NC)C(=O)OCCOC(=O)N(CCOCC(=O)NC)CCOCC(=O)NC. The average Bonchev–Trinajstić information content (AvgIpc) is 3.00. The molecular weight excluding hydrogens is 564 g/mol. The summed E-state index contributed by atoms with van der Waals surface area (Å²) in [5.41, 5.74) is 0. The van der Waals surface area contributed by atoms with Crippen LogP contribution in [0.15, 0.2) is 0 Å². The molecule has 0 spiro atoms. The summed E-state index contributed by atoms with van der Waals surface area (Å²) in [5.74, 6) is -1.32. The van der Waals surface area contributed by atoms with Gasteiger partial charge in [0.2, 0.25) is 23.6 Å². The van der Waals surface area contributed by atoms with E-state index in [9.17, 15) is 28.8 Å². The second-order valence-corrected chi connectivity index (χ2v) is 8.11. The third kappa shape index (κ3) is 20.2. The van der Waals surface area contributed by atoms with Crippen LogP contribution in [-0.2, 0) is 47.6 Å². The van der Waals surface area contributed by atoms with Crippen molar-refractivity contribution in [2.45, 2.75) is 0 Å². The van der Waals surface area contributed by atoms with Crippen molar-refractivity contribution in [2.24, 2.45) is 0 Å². The second-order valence-electron chi connectivity index (χ2n) is 8.11. The molecule has 0 saturated carbocycles. The standard InChI is InChI=1S/C24H44N6O12/c1-25-19(31)15-37-9-5-29(6-10-38-16-20(32)26-2)23(35)41-13-14-42-24(36)30(7-11-39-17-21(33)27-3)8-12-40-18-22(34)28-4/h5-18H2,1-4H3,(H,25,31)(H,26,32)(H,27,33)(H,28,34). The number of ether oxygens (including phenoxy) is 6. The van der Waals surface area contributed by atoms with E-state index in [1.807, 2.05) is 0 Å². The van der Waals surface area contributed by atoms with Crippen molar-refractivity contribution in [1.82, 2.24) is 31.1 Å². The fraction of sp³-hybridized carbons (Fsp3) is 0.750. The Morgan fingerprint density at radius 2 is 0.667 bits per heavy atom. The molecule has 0 aromatic rings. The number of carbonyl (C=O) groups excluding carboxylic acids is 6. The number of amides is 6. The van der Waals surface area contributed by atoms with Crippen LogP contribution in [0.2, 0.25) is 0 Å². The number of nitrogens with one attached hydrogen (secondary N) is 4. The first kappa shape index (κ1) is 38.3. The minimum absolute atomic E-state index is 0.0336. The number of rotatable bonds is 23. The van der Waals surface area contributed by atoms with E-state index in [-0.39, 0.29) is 116 Å². The van der Waals surface area contributed by atoms with Gasteiger partial charge in [-0.3, -0.25) is 19.2 Å². The average molecular weight is 609 g/mol. The van der Waals surface area contributed by atoms with Gasteiger partial charge in [0.15, 0.2) is 0 Å². The lowest BCUT2D eigenvalue weighted by Gasteiger charge is -2.23. The van der Waals surface area contributed by atoms with Crippen LogP contribution >= 0.6 is 0 Å². The zero-order valence-electron chi connectivity index (χ0n) is 24.7. The lowest BCUT2D eigenvalue weighted by atomic mass is 10.5. The molecule has 0 aromatic carbocycles. The summed E-state index contributed by atoms with van der Waals surface area (Å²) in [6.45, 7) is -0.884. The van der Waals surface area contributed by atoms with Gasteiger partial charge in [-0.25, -0.2) is 9.59 Å². The third-order valence-electron chi connectivity index (χ3n) is 5.12. The van der Waals surface area contributed by atoms with E-state index in [0.29, 0.717) is 0 Å². The van der Waals surface area contributed by atoms with E-state index in [0.717, 1.165) is 0 Å². The number of nitrogens with zero attached hydrogens (tertiary/aromatic N) is 2. The van der Waals surface area contributed by atoms with Crippen LogP contribution in [0.4, 0.5) is 9.59 Å². The lowest BCUT2D eigenvalue weighted by molar-refractivity contribution is -0.126. The Hall–Kier alpha value is -3.74. The molecule has 242 valence electrons. The van der Waals surface area contributed by atoms with Gasteiger partial charge in [-0.05, 0) is 0 Å². The van der Waals surface area contributed by atoms with Crippen LogP contribution in [0.5, 0.6) is 0 Å². The predicted molar refractivity (Wildman–Crippen MR) is 145 cm³/mol. The van der Waals surface area contributed by atoms with Crippen LogP contribution in [0.1, 0.15) is 0 Å². The maximum absolute atomic E-state index is 12.6. The summed E-state index contributed by atoms with van der Waals surface area (Å²) in [6.07, 6.45) is -1.50. The van der Waals surface area contributed by atoms with Crippen molar-refractivity contribution < 1.29 is 57.2 Å². The summed E-state index contributed by atoms with van der Waals surface area (Å²) >= 11 is 0. The molecule has 0 radical (unpaired) electrons. The molecule has 0 fully saturated rings. The van der Waals surface area contributed by atoms with E-state index in [1.54, 1.807) is 0 Å². The van der Waals surface area contributed by atoms with Crippen LogP contribution in [-0.4, -0.2) is 166 Å². The highest BCUT2D eigenvalue weighted by Gasteiger charge is 2.18. The Kier molecular flexibility index (Phi) is 22.8. The highest BCUT2D eigenvalue weighted by Crippen LogP contribution is 1.99. The Morgan fingerprint density at radius 1 is 0.429 bits per heavy atom. The minimum Gasteiger partial charge on any atom is -0.446 e. The molecule has 0 aliphatic rings. The van der Waals surface area contributed by atoms with Gasteiger partial charge in [-0.2, -0.15) is 0 Å². The molecule has 42 heavy (non-hydrogen) atoms. The molecule has 0 bridgehead atoms. The predicted octanol–water partition coefficient (Wildman–Crippen LogP) is -3.09. The van der Waals surface area contributed by atoms with Gasteiger partial charge in [0.1, 0.15) is 39.6 Å². The quantitative estimate of drug-likeness (QED) is 0.0851. The molecule has 0 unspecified atom stereocenters. The summed E-state index contributed by atoms with van der Waals surface area (Å²) in [4.78, 5) is 72.9.